The second-order valence-electron chi connectivity index (χ2n) is 19.3. The third-order valence-corrected chi connectivity index (χ3v) is 15.5. The number of benzene rings is 9. The van der Waals surface area contributed by atoms with Crippen LogP contribution in [0.25, 0.3) is 44.5 Å². The van der Waals surface area contributed by atoms with Crippen molar-refractivity contribution in [3.05, 3.63) is 241 Å². The van der Waals surface area contributed by atoms with Gasteiger partial charge < -0.3 is 9.80 Å². The molecule has 9 aromatic rings. The average Bonchev–Trinajstić information content (AvgIpc) is 3.39. The molecule has 326 valence electrons. The Hall–Kier alpha value is -7.13. The molecule has 0 heterocycles. The molecule has 0 N–H and O–H groups in total. The monoisotopic (exact) mass is 884 g/mol. The molecule has 0 amide bonds. The molecule has 3 heteroatoms. The van der Waals surface area contributed by atoms with Gasteiger partial charge in [0.25, 0.3) is 0 Å². The number of hydrogen-bond donors (Lipinski definition) is 0. The Bertz CT molecular complexity index is 2720. The lowest BCUT2D eigenvalue weighted by atomic mass is 9.48. The van der Waals surface area contributed by atoms with Gasteiger partial charge >= 0.3 is 0 Å². The van der Waals surface area contributed by atoms with Crippen LogP contribution in [0.2, 0.25) is 5.02 Å². The first-order valence-electron chi connectivity index (χ1n) is 24.1. The summed E-state index contributed by atoms with van der Waals surface area (Å²) in [5.41, 5.74) is 17.3. The maximum atomic E-state index is 8.20. The van der Waals surface area contributed by atoms with E-state index in [1.807, 2.05) is 0 Å². The number of nitrogens with zero attached hydrogens (tertiary/aromatic N) is 2. The smallest absolute Gasteiger partial charge is 0.0887 e. The molecule has 4 aliphatic rings. The Morgan fingerprint density at radius 2 is 0.552 bits per heavy atom. The van der Waals surface area contributed by atoms with Gasteiger partial charge in [-0.15, -0.1) is 0 Å². The van der Waals surface area contributed by atoms with Gasteiger partial charge in [0.05, 0.1) is 16.4 Å². The van der Waals surface area contributed by atoms with Crippen molar-refractivity contribution < 1.29 is 0 Å². The fraction of sp³-hybridized carbons (Fsp3) is 0.156. The van der Waals surface area contributed by atoms with Crippen LogP contribution < -0.4 is 9.80 Å². The molecule has 0 aromatic heterocycles. The van der Waals surface area contributed by atoms with Gasteiger partial charge in [-0.2, -0.15) is 0 Å². The largest absolute Gasteiger partial charge is 0.309 e. The SMILES string of the molecule is Clc1c(N(c2ccc(-c3ccccc3)cc2)c2ccc(-c3ccccc3)cc2)cc(C23CC4CC(CC(C4)C2)C3)cc1N(c1ccc(-c2ccccc2)cc1)c1ccc(-c2ccccc2)cc1. The quantitative estimate of drug-likeness (QED) is 0.128. The maximum absolute atomic E-state index is 8.20. The third-order valence-electron chi connectivity index (χ3n) is 15.1. The molecule has 4 saturated carbocycles. The lowest BCUT2D eigenvalue weighted by molar-refractivity contribution is -0.00515. The van der Waals surface area contributed by atoms with E-state index in [2.05, 4.69) is 240 Å². The summed E-state index contributed by atoms with van der Waals surface area (Å²) < 4.78 is 0. The van der Waals surface area contributed by atoms with E-state index in [4.69, 9.17) is 11.6 Å². The van der Waals surface area contributed by atoms with Crippen LogP contribution in [0.1, 0.15) is 44.1 Å². The van der Waals surface area contributed by atoms with Crippen LogP contribution in [-0.4, -0.2) is 0 Å². The molecular weight excluding hydrogens is 832 g/mol. The molecule has 0 aliphatic heterocycles. The van der Waals surface area contributed by atoms with E-state index >= 15 is 0 Å². The van der Waals surface area contributed by atoms with Gasteiger partial charge in [0.15, 0.2) is 0 Å². The van der Waals surface area contributed by atoms with Crippen molar-refractivity contribution >= 4 is 45.7 Å². The standard InChI is InChI=1S/C64H53ClN2/c65-63-61(66(57-29-21-52(22-30-57)48-13-5-1-6-14-48)58-31-23-53(24-32-58)49-15-7-2-8-16-49)40-56(64-42-45-37-46(43-64)39-47(38-45)44-64)41-62(63)67(59-33-25-54(26-34-59)50-17-9-3-10-18-50)60-35-27-55(28-36-60)51-19-11-4-12-20-51/h1-36,40-41,45-47H,37-39,42-44H2. The molecule has 4 aliphatic carbocycles. The number of hydrogen-bond acceptors (Lipinski definition) is 2. The second kappa shape index (κ2) is 17.6. The summed E-state index contributed by atoms with van der Waals surface area (Å²) in [6.07, 6.45) is 7.88. The molecule has 0 saturated heterocycles. The van der Waals surface area contributed by atoms with E-state index in [0.717, 1.165) is 51.9 Å². The molecule has 0 radical (unpaired) electrons. The second-order valence-corrected chi connectivity index (χ2v) is 19.7. The summed E-state index contributed by atoms with van der Waals surface area (Å²) in [5.74, 6) is 2.36. The highest BCUT2D eigenvalue weighted by Gasteiger charge is 2.52. The van der Waals surface area contributed by atoms with Crippen molar-refractivity contribution in [3.8, 4) is 44.5 Å². The summed E-state index contributed by atoms with van der Waals surface area (Å²) >= 11 is 8.20. The van der Waals surface area contributed by atoms with Crippen LogP contribution >= 0.6 is 11.6 Å². The lowest BCUT2D eigenvalue weighted by Crippen LogP contribution is -2.48. The summed E-state index contributed by atoms with van der Waals surface area (Å²) in [6.45, 7) is 0. The number of halogens is 1. The van der Waals surface area contributed by atoms with Gasteiger partial charge in [0.2, 0.25) is 0 Å². The highest BCUT2D eigenvalue weighted by atomic mass is 35.5. The van der Waals surface area contributed by atoms with E-state index in [-0.39, 0.29) is 5.41 Å². The van der Waals surface area contributed by atoms with Crippen LogP contribution in [0.3, 0.4) is 0 Å². The summed E-state index contributed by atoms with van der Waals surface area (Å²) in [5, 5.41) is 0.715. The highest BCUT2D eigenvalue weighted by molar-refractivity contribution is 6.36. The van der Waals surface area contributed by atoms with Gasteiger partial charge in [-0.25, -0.2) is 0 Å². The topological polar surface area (TPSA) is 6.48 Å². The Kier molecular flexibility index (Phi) is 10.8. The van der Waals surface area contributed by atoms with Crippen molar-refractivity contribution in [1.82, 2.24) is 0 Å². The Balaban J connectivity index is 1.07. The van der Waals surface area contributed by atoms with Crippen LogP contribution in [0.4, 0.5) is 34.1 Å². The predicted octanol–water partition coefficient (Wildman–Crippen LogP) is 18.4. The number of anilines is 6. The average molecular weight is 886 g/mol. The highest BCUT2D eigenvalue weighted by Crippen LogP contribution is 2.62. The zero-order valence-corrected chi connectivity index (χ0v) is 38.4. The minimum Gasteiger partial charge on any atom is -0.309 e. The number of rotatable bonds is 11. The van der Waals surface area contributed by atoms with Crippen LogP contribution in [0.15, 0.2) is 231 Å². The first kappa shape index (κ1) is 41.3. The predicted molar refractivity (Wildman–Crippen MR) is 282 cm³/mol. The minimum atomic E-state index is 0.100. The van der Waals surface area contributed by atoms with Gasteiger partial charge in [-0.05, 0) is 172 Å². The molecular formula is C64H53ClN2. The normalized spacial score (nSPS) is 19.3. The van der Waals surface area contributed by atoms with Gasteiger partial charge in [-0.1, -0.05) is 181 Å². The van der Waals surface area contributed by atoms with E-state index in [9.17, 15) is 0 Å². The third kappa shape index (κ3) is 8.04. The molecule has 13 rings (SSSR count). The maximum Gasteiger partial charge on any atom is 0.0887 e. The zero-order valence-electron chi connectivity index (χ0n) is 37.7. The lowest BCUT2D eigenvalue weighted by Gasteiger charge is -2.57. The molecule has 9 aromatic carbocycles. The van der Waals surface area contributed by atoms with Gasteiger partial charge in [-0.3, -0.25) is 0 Å². The van der Waals surface area contributed by atoms with E-state index < -0.39 is 0 Å². The van der Waals surface area contributed by atoms with Crippen molar-refractivity contribution in [2.45, 2.75) is 43.9 Å². The molecule has 4 fully saturated rings. The van der Waals surface area contributed by atoms with Crippen molar-refractivity contribution in [2.24, 2.45) is 17.8 Å². The van der Waals surface area contributed by atoms with Crippen LogP contribution in [0.5, 0.6) is 0 Å². The van der Waals surface area contributed by atoms with Crippen molar-refractivity contribution in [2.75, 3.05) is 9.80 Å². The molecule has 67 heavy (non-hydrogen) atoms. The van der Waals surface area contributed by atoms with Crippen LogP contribution in [-0.2, 0) is 5.41 Å². The Labute approximate surface area is 400 Å². The van der Waals surface area contributed by atoms with Crippen LogP contribution in [0, 0.1) is 17.8 Å². The van der Waals surface area contributed by atoms with Gasteiger partial charge in [0.1, 0.15) is 0 Å². The molecule has 2 nitrogen and oxygen atoms in total. The van der Waals surface area contributed by atoms with Gasteiger partial charge in [0, 0.05) is 22.7 Å². The fourth-order valence-electron chi connectivity index (χ4n) is 12.3. The zero-order chi connectivity index (χ0) is 44.7. The first-order valence-corrected chi connectivity index (χ1v) is 24.5. The summed E-state index contributed by atoms with van der Waals surface area (Å²) in [6, 6.07) is 83.8. The Morgan fingerprint density at radius 3 is 0.806 bits per heavy atom. The minimum absolute atomic E-state index is 0.100. The van der Waals surface area contributed by atoms with E-state index in [1.165, 1.54) is 88.6 Å². The Morgan fingerprint density at radius 1 is 0.313 bits per heavy atom. The van der Waals surface area contributed by atoms with E-state index in [1.54, 1.807) is 0 Å². The molecule has 0 atom stereocenters. The van der Waals surface area contributed by atoms with Crippen molar-refractivity contribution in [1.29, 1.82) is 0 Å². The summed E-state index contributed by atoms with van der Waals surface area (Å²) in [7, 11) is 0. The van der Waals surface area contributed by atoms with E-state index in [0.29, 0.717) is 5.02 Å². The fourth-order valence-corrected chi connectivity index (χ4v) is 12.6. The molecule has 0 spiro atoms. The first-order chi connectivity index (χ1) is 33.0. The molecule has 4 bridgehead atoms. The molecule has 0 unspecified atom stereocenters. The summed E-state index contributed by atoms with van der Waals surface area (Å²) in [4.78, 5) is 4.82. The van der Waals surface area contributed by atoms with Crippen molar-refractivity contribution in [3.63, 3.8) is 0 Å².